The predicted octanol–water partition coefficient (Wildman–Crippen LogP) is 3.80. The van der Waals surface area contributed by atoms with Gasteiger partial charge in [0.1, 0.15) is 11.6 Å². The van der Waals surface area contributed by atoms with Gasteiger partial charge in [0.2, 0.25) is 5.88 Å². The number of ether oxygens (including phenoxy) is 1. The first-order chi connectivity index (χ1) is 9.10. The maximum atomic E-state index is 13.0. The molecule has 3 nitrogen and oxygen atoms in total. The third kappa shape index (κ3) is 3.52. The second kappa shape index (κ2) is 6.12. The Bertz CT molecular complexity index is 590. The molecule has 2 aromatic rings. The Morgan fingerprint density at radius 3 is 2.79 bits per heavy atom. The fourth-order valence-electron chi connectivity index (χ4n) is 1.69. The van der Waals surface area contributed by atoms with Crippen molar-refractivity contribution in [2.75, 3.05) is 7.05 Å². The number of hydrogen-bond donors (Lipinski definition) is 1. The van der Waals surface area contributed by atoms with E-state index in [-0.39, 0.29) is 5.82 Å². The quantitative estimate of drug-likeness (QED) is 0.928. The van der Waals surface area contributed by atoms with Crippen LogP contribution < -0.4 is 10.1 Å². The average molecular weight is 325 g/mol. The van der Waals surface area contributed by atoms with Gasteiger partial charge in [0.25, 0.3) is 0 Å². The van der Waals surface area contributed by atoms with Gasteiger partial charge in [-0.1, -0.05) is 0 Å². The Labute approximate surface area is 119 Å². The number of halogens is 2. The van der Waals surface area contributed by atoms with E-state index in [1.54, 1.807) is 12.3 Å². The Hall–Kier alpha value is -1.46. The number of nitrogens with zero attached hydrogens (tertiary/aromatic N) is 1. The van der Waals surface area contributed by atoms with Gasteiger partial charge in [-0.3, -0.25) is 0 Å². The van der Waals surface area contributed by atoms with Crippen molar-refractivity contribution in [3.8, 4) is 11.6 Å². The van der Waals surface area contributed by atoms with Crippen molar-refractivity contribution >= 4 is 15.9 Å². The van der Waals surface area contributed by atoms with Crippen molar-refractivity contribution in [2.45, 2.75) is 13.5 Å². The summed E-state index contributed by atoms with van der Waals surface area (Å²) in [5.74, 6) is 0.749. The highest BCUT2D eigenvalue weighted by atomic mass is 79.9. The molecule has 1 N–H and O–H groups in total. The molecule has 0 fully saturated rings. The Balaban J connectivity index is 2.23. The van der Waals surface area contributed by atoms with Crippen LogP contribution in [0.25, 0.3) is 0 Å². The molecule has 0 aliphatic carbocycles. The average Bonchev–Trinajstić information content (AvgIpc) is 2.36. The number of nitrogens with one attached hydrogen (secondary N) is 1. The number of aryl methyl sites for hydroxylation is 1. The molecule has 0 spiro atoms. The van der Waals surface area contributed by atoms with Gasteiger partial charge in [-0.05, 0) is 59.7 Å². The van der Waals surface area contributed by atoms with Gasteiger partial charge < -0.3 is 10.1 Å². The summed E-state index contributed by atoms with van der Waals surface area (Å²) >= 11 is 3.27. The summed E-state index contributed by atoms with van der Waals surface area (Å²) in [4.78, 5) is 4.28. The molecule has 0 bridgehead atoms. The molecular formula is C14H14BrFN2O. The third-order valence-corrected chi connectivity index (χ3v) is 3.19. The van der Waals surface area contributed by atoms with Gasteiger partial charge in [-0.25, -0.2) is 9.37 Å². The molecule has 0 saturated carbocycles. The fourth-order valence-corrected chi connectivity index (χ4v) is 2.12. The van der Waals surface area contributed by atoms with Crippen LogP contribution in [-0.2, 0) is 6.54 Å². The van der Waals surface area contributed by atoms with E-state index in [1.165, 1.54) is 12.1 Å². The molecule has 1 aromatic heterocycles. The highest BCUT2D eigenvalue weighted by Crippen LogP contribution is 2.30. The number of benzene rings is 1. The van der Waals surface area contributed by atoms with E-state index in [0.29, 0.717) is 16.1 Å². The van der Waals surface area contributed by atoms with Gasteiger partial charge in [0.15, 0.2) is 0 Å². The standard InChI is InChI=1S/C14H14BrFN2O/c1-9-5-10(7-17-2)8-18-14(9)19-13-4-3-11(16)6-12(13)15/h3-6,8,17H,7H2,1-2H3. The Morgan fingerprint density at radius 2 is 2.16 bits per heavy atom. The molecule has 0 aliphatic heterocycles. The highest BCUT2D eigenvalue weighted by molar-refractivity contribution is 9.10. The summed E-state index contributed by atoms with van der Waals surface area (Å²) in [5.41, 5.74) is 2.02. The van der Waals surface area contributed by atoms with E-state index in [2.05, 4.69) is 26.2 Å². The van der Waals surface area contributed by atoms with Crippen LogP contribution in [0, 0.1) is 12.7 Å². The van der Waals surface area contributed by atoms with Gasteiger partial charge >= 0.3 is 0 Å². The lowest BCUT2D eigenvalue weighted by atomic mass is 10.2. The van der Waals surface area contributed by atoms with Crippen LogP contribution in [-0.4, -0.2) is 12.0 Å². The zero-order valence-electron chi connectivity index (χ0n) is 10.7. The van der Waals surface area contributed by atoms with E-state index in [9.17, 15) is 4.39 Å². The van der Waals surface area contributed by atoms with Crippen molar-refractivity contribution in [1.82, 2.24) is 10.3 Å². The second-order valence-electron chi connectivity index (χ2n) is 4.17. The SMILES string of the molecule is CNCc1cnc(Oc2ccc(F)cc2Br)c(C)c1. The molecule has 5 heteroatoms. The van der Waals surface area contributed by atoms with Crippen molar-refractivity contribution in [2.24, 2.45) is 0 Å². The van der Waals surface area contributed by atoms with Crippen LogP contribution in [0.2, 0.25) is 0 Å². The van der Waals surface area contributed by atoms with E-state index in [0.717, 1.165) is 17.7 Å². The summed E-state index contributed by atoms with van der Waals surface area (Å²) in [7, 11) is 1.88. The van der Waals surface area contributed by atoms with Crippen LogP contribution in [0.5, 0.6) is 11.6 Å². The molecule has 0 saturated heterocycles. The summed E-state index contributed by atoms with van der Waals surface area (Å²) < 4.78 is 19.2. The maximum Gasteiger partial charge on any atom is 0.222 e. The predicted molar refractivity (Wildman–Crippen MR) is 75.9 cm³/mol. The topological polar surface area (TPSA) is 34.2 Å². The fraction of sp³-hybridized carbons (Fsp3) is 0.214. The molecule has 1 aromatic carbocycles. The van der Waals surface area contributed by atoms with E-state index in [4.69, 9.17) is 4.74 Å². The first-order valence-electron chi connectivity index (χ1n) is 5.83. The van der Waals surface area contributed by atoms with Crippen LogP contribution in [0.4, 0.5) is 4.39 Å². The van der Waals surface area contributed by atoms with Crippen molar-refractivity contribution in [1.29, 1.82) is 0 Å². The lowest BCUT2D eigenvalue weighted by Gasteiger charge is -2.10. The lowest BCUT2D eigenvalue weighted by Crippen LogP contribution is -2.06. The van der Waals surface area contributed by atoms with Crippen molar-refractivity contribution in [3.63, 3.8) is 0 Å². The second-order valence-corrected chi connectivity index (χ2v) is 5.03. The van der Waals surface area contributed by atoms with Crippen LogP contribution in [0.1, 0.15) is 11.1 Å². The smallest absolute Gasteiger partial charge is 0.222 e. The summed E-state index contributed by atoms with van der Waals surface area (Å²) in [6.45, 7) is 2.69. The molecule has 100 valence electrons. The molecule has 0 aliphatic rings. The minimum absolute atomic E-state index is 0.312. The van der Waals surface area contributed by atoms with E-state index < -0.39 is 0 Å². The van der Waals surface area contributed by atoms with E-state index in [1.807, 2.05) is 20.0 Å². The minimum atomic E-state index is -0.312. The first kappa shape index (κ1) is 14.0. The molecule has 0 radical (unpaired) electrons. The lowest BCUT2D eigenvalue weighted by molar-refractivity contribution is 0.453. The monoisotopic (exact) mass is 324 g/mol. The summed E-state index contributed by atoms with van der Waals surface area (Å²) in [6.07, 6.45) is 1.76. The largest absolute Gasteiger partial charge is 0.438 e. The number of pyridine rings is 1. The van der Waals surface area contributed by atoms with E-state index >= 15 is 0 Å². The van der Waals surface area contributed by atoms with Gasteiger partial charge in [-0.15, -0.1) is 0 Å². The molecule has 19 heavy (non-hydrogen) atoms. The summed E-state index contributed by atoms with van der Waals surface area (Å²) in [5, 5.41) is 3.07. The molecule has 2 rings (SSSR count). The first-order valence-corrected chi connectivity index (χ1v) is 6.62. The molecule has 0 atom stereocenters. The number of rotatable bonds is 4. The van der Waals surface area contributed by atoms with Crippen molar-refractivity contribution in [3.05, 3.63) is 51.9 Å². The van der Waals surface area contributed by atoms with Crippen LogP contribution >= 0.6 is 15.9 Å². The molecule has 1 heterocycles. The van der Waals surface area contributed by atoms with Gasteiger partial charge in [-0.2, -0.15) is 0 Å². The number of aromatic nitrogens is 1. The highest BCUT2D eigenvalue weighted by Gasteiger charge is 2.08. The van der Waals surface area contributed by atoms with Crippen LogP contribution in [0.15, 0.2) is 34.9 Å². The number of hydrogen-bond acceptors (Lipinski definition) is 3. The Kier molecular flexibility index (Phi) is 4.50. The van der Waals surface area contributed by atoms with Crippen molar-refractivity contribution < 1.29 is 9.13 Å². The maximum absolute atomic E-state index is 13.0. The minimum Gasteiger partial charge on any atom is -0.438 e. The third-order valence-electron chi connectivity index (χ3n) is 2.57. The summed E-state index contributed by atoms with van der Waals surface area (Å²) in [6, 6.07) is 6.29. The molecule has 0 amide bonds. The zero-order chi connectivity index (χ0) is 13.8. The normalized spacial score (nSPS) is 10.5. The van der Waals surface area contributed by atoms with Gasteiger partial charge in [0.05, 0.1) is 4.47 Å². The van der Waals surface area contributed by atoms with Gasteiger partial charge in [0, 0.05) is 18.3 Å². The zero-order valence-corrected chi connectivity index (χ0v) is 12.3. The molecular weight excluding hydrogens is 311 g/mol. The molecule has 0 unspecified atom stereocenters. The Morgan fingerprint density at radius 1 is 1.37 bits per heavy atom. The van der Waals surface area contributed by atoms with Crippen LogP contribution in [0.3, 0.4) is 0 Å².